The largest absolute Gasteiger partial charge is 4.00 e. The van der Waals surface area contributed by atoms with Crippen molar-refractivity contribution in [2.75, 3.05) is 0 Å². The Morgan fingerprint density at radius 1 is 0.889 bits per heavy atom. The van der Waals surface area contributed by atoms with Gasteiger partial charge in [-0.05, 0) is 0 Å². The SMILES string of the molecule is CC(C)(C)[O-].CC(C)(C)[O-].[C-]1=CC=CC1.[Cl-].[Cl-].[V+4]. The van der Waals surface area contributed by atoms with Gasteiger partial charge in [-0.1, -0.05) is 41.5 Å². The Bertz CT molecular complexity index is 170. The number of hydrogen-bond acceptors (Lipinski definition) is 2. The van der Waals surface area contributed by atoms with Crippen molar-refractivity contribution in [3.8, 4) is 0 Å². The summed E-state index contributed by atoms with van der Waals surface area (Å²) in [5.41, 5.74) is -1.50. The van der Waals surface area contributed by atoms with Gasteiger partial charge in [-0.25, -0.2) is 12.2 Å². The van der Waals surface area contributed by atoms with Gasteiger partial charge in [-0.3, -0.25) is 6.08 Å². The topological polar surface area (TPSA) is 46.1 Å². The van der Waals surface area contributed by atoms with Crippen molar-refractivity contribution < 1.29 is 53.6 Å². The molecule has 0 saturated carbocycles. The van der Waals surface area contributed by atoms with Crippen LogP contribution in [0.4, 0.5) is 0 Å². The van der Waals surface area contributed by atoms with Crippen LogP contribution in [-0.4, -0.2) is 11.2 Å². The summed E-state index contributed by atoms with van der Waals surface area (Å²) in [6, 6.07) is 0. The zero-order valence-electron chi connectivity index (χ0n) is 12.0. The van der Waals surface area contributed by atoms with E-state index in [1.807, 2.05) is 12.2 Å². The normalized spacial score (nSPS) is 11.6. The molecule has 0 aromatic heterocycles. The van der Waals surface area contributed by atoms with E-state index in [0.717, 1.165) is 6.42 Å². The number of halogens is 2. The minimum absolute atomic E-state index is 0. The second kappa shape index (κ2) is 15.6. The molecule has 1 aliphatic carbocycles. The molecule has 0 amide bonds. The summed E-state index contributed by atoms with van der Waals surface area (Å²) in [4.78, 5) is 0. The summed E-state index contributed by atoms with van der Waals surface area (Å²) in [6.45, 7) is 9.79. The van der Waals surface area contributed by atoms with Gasteiger partial charge in [0.15, 0.2) is 0 Å². The molecule has 0 fully saturated rings. The quantitative estimate of drug-likeness (QED) is 0.421. The van der Waals surface area contributed by atoms with Crippen LogP contribution < -0.4 is 35.0 Å². The summed E-state index contributed by atoms with van der Waals surface area (Å²) in [7, 11) is 0. The fourth-order valence-electron chi connectivity index (χ4n) is 0.340. The van der Waals surface area contributed by atoms with Crippen molar-refractivity contribution in [1.29, 1.82) is 0 Å². The Kier molecular flexibility index (Phi) is 27.0. The molecule has 0 heterocycles. The molecular formula is C13H23Cl2O2V-. The van der Waals surface area contributed by atoms with Crippen molar-refractivity contribution in [1.82, 2.24) is 0 Å². The molecule has 1 rings (SSSR count). The molecule has 2 nitrogen and oxygen atoms in total. The van der Waals surface area contributed by atoms with E-state index in [1.54, 1.807) is 41.5 Å². The van der Waals surface area contributed by atoms with Gasteiger partial charge < -0.3 is 35.0 Å². The monoisotopic (exact) mass is 332 g/mol. The predicted octanol–water partition coefficient (Wildman–Crippen LogP) is -4.40. The Morgan fingerprint density at radius 3 is 1.22 bits per heavy atom. The zero-order chi connectivity index (χ0) is 12.5. The Balaban J connectivity index is -0.0000000433. The smallest absolute Gasteiger partial charge is 1.00 e. The predicted molar refractivity (Wildman–Crippen MR) is 61.1 cm³/mol. The molecule has 18 heavy (non-hydrogen) atoms. The van der Waals surface area contributed by atoms with Crippen LogP contribution in [0.5, 0.6) is 0 Å². The third-order valence-electron chi connectivity index (χ3n) is 0.586. The van der Waals surface area contributed by atoms with Crippen molar-refractivity contribution in [3.63, 3.8) is 0 Å². The third-order valence-corrected chi connectivity index (χ3v) is 0.586. The van der Waals surface area contributed by atoms with E-state index in [4.69, 9.17) is 0 Å². The van der Waals surface area contributed by atoms with E-state index < -0.39 is 11.2 Å². The van der Waals surface area contributed by atoms with E-state index in [-0.39, 0.29) is 43.4 Å². The Labute approximate surface area is 137 Å². The summed E-state index contributed by atoms with van der Waals surface area (Å²) in [6.07, 6.45) is 10.0. The molecule has 5 heteroatoms. The summed E-state index contributed by atoms with van der Waals surface area (Å²) < 4.78 is 0. The number of allylic oxidation sites excluding steroid dienone is 4. The minimum Gasteiger partial charge on any atom is -1.00 e. The fraction of sp³-hybridized carbons (Fsp3) is 0.692. The molecule has 0 atom stereocenters. The first-order valence-electron chi connectivity index (χ1n) is 5.13. The molecule has 107 valence electrons. The number of hydrogen-bond donors (Lipinski definition) is 0. The van der Waals surface area contributed by atoms with Crippen LogP contribution in [0.3, 0.4) is 0 Å². The van der Waals surface area contributed by atoms with Crippen molar-refractivity contribution in [2.45, 2.75) is 59.2 Å². The first kappa shape index (κ1) is 31.1. The van der Waals surface area contributed by atoms with Crippen molar-refractivity contribution >= 4 is 0 Å². The second-order valence-electron chi connectivity index (χ2n) is 5.23. The molecule has 0 saturated heterocycles. The van der Waals surface area contributed by atoms with Gasteiger partial charge in [0.1, 0.15) is 0 Å². The van der Waals surface area contributed by atoms with Crippen LogP contribution in [0.25, 0.3) is 0 Å². The van der Waals surface area contributed by atoms with Gasteiger partial charge in [0.2, 0.25) is 0 Å². The van der Waals surface area contributed by atoms with E-state index in [9.17, 15) is 10.2 Å². The van der Waals surface area contributed by atoms with Crippen molar-refractivity contribution in [2.24, 2.45) is 0 Å². The van der Waals surface area contributed by atoms with Crippen LogP contribution in [0.15, 0.2) is 18.2 Å². The minimum atomic E-state index is -0.750. The Hall–Kier alpha value is 0.564. The maximum Gasteiger partial charge on any atom is 4.00 e. The number of rotatable bonds is 0. The summed E-state index contributed by atoms with van der Waals surface area (Å²) >= 11 is 0. The van der Waals surface area contributed by atoms with Gasteiger partial charge in [0.05, 0.1) is 0 Å². The van der Waals surface area contributed by atoms with E-state index >= 15 is 0 Å². The molecular weight excluding hydrogens is 310 g/mol. The fourth-order valence-corrected chi connectivity index (χ4v) is 0.340. The molecule has 0 unspecified atom stereocenters. The molecule has 0 bridgehead atoms. The van der Waals surface area contributed by atoms with Crippen LogP contribution in [0.2, 0.25) is 0 Å². The average Bonchev–Trinajstić information content (AvgIpc) is 2.28. The molecule has 0 aromatic rings. The van der Waals surface area contributed by atoms with Crippen LogP contribution in [0.1, 0.15) is 48.0 Å². The molecule has 1 aliphatic rings. The van der Waals surface area contributed by atoms with Gasteiger partial charge in [-0.2, -0.15) is 6.08 Å². The second-order valence-corrected chi connectivity index (χ2v) is 5.23. The van der Waals surface area contributed by atoms with Gasteiger partial charge in [0.25, 0.3) is 0 Å². The first-order chi connectivity index (χ1) is 6.50. The molecule has 0 N–H and O–H groups in total. The summed E-state index contributed by atoms with van der Waals surface area (Å²) in [5.74, 6) is 0. The van der Waals surface area contributed by atoms with Crippen LogP contribution >= 0.6 is 0 Å². The third kappa shape index (κ3) is 130. The standard InChI is InChI=1S/C5H5.2C4H9O.2ClH.V/c1-2-4-5-3-1;2*1-4(2,3)5;;;/h1-3H,4H2;2*1-3H3;2*1H;/q3*-1;;;+4/p-2. The molecule has 0 spiro atoms. The van der Waals surface area contributed by atoms with Crippen LogP contribution in [0, 0.1) is 6.08 Å². The Morgan fingerprint density at radius 2 is 1.17 bits per heavy atom. The molecule has 1 radical (unpaired) electrons. The summed E-state index contributed by atoms with van der Waals surface area (Å²) in [5, 5.41) is 20.2. The maximum atomic E-state index is 10.1. The van der Waals surface area contributed by atoms with E-state index in [1.165, 1.54) is 0 Å². The zero-order valence-corrected chi connectivity index (χ0v) is 14.9. The van der Waals surface area contributed by atoms with E-state index in [2.05, 4.69) is 12.2 Å². The van der Waals surface area contributed by atoms with Gasteiger partial charge in [0, 0.05) is 0 Å². The molecule has 0 aromatic carbocycles. The van der Waals surface area contributed by atoms with Crippen LogP contribution in [-0.2, 0) is 18.6 Å². The van der Waals surface area contributed by atoms with Gasteiger partial charge in [-0.15, -0.1) is 17.6 Å². The molecule has 0 aliphatic heterocycles. The van der Waals surface area contributed by atoms with Gasteiger partial charge >= 0.3 is 18.6 Å². The average molecular weight is 333 g/mol. The van der Waals surface area contributed by atoms with E-state index in [0.29, 0.717) is 0 Å². The maximum absolute atomic E-state index is 10.1. The first-order valence-corrected chi connectivity index (χ1v) is 5.13. The van der Waals surface area contributed by atoms with Crippen molar-refractivity contribution in [3.05, 3.63) is 24.3 Å².